The van der Waals surface area contributed by atoms with Crippen LogP contribution in [0.2, 0.25) is 0 Å². The molecule has 0 saturated carbocycles. The van der Waals surface area contributed by atoms with Gasteiger partial charge in [0.2, 0.25) is 0 Å². The van der Waals surface area contributed by atoms with Crippen molar-refractivity contribution in [1.29, 1.82) is 0 Å². The minimum Gasteiger partial charge on any atom is -0.321 e. The number of carbonyl (C=O) groups excluding carboxylic acids is 2. The van der Waals surface area contributed by atoms with Gasteiger partial charge >= 0.3 is 0 Å². The van der Waals surface area contributed by atoms with Crippen molar-refractivity contribution >= 4 is 34.5 Å². The van der Waals surface area contributed by atoms with Crippen LogP contribution in [-0.2, 0) is 19.3 Å². The van der Waals surface area contributed by atoms with Crippen LogP contribution in [0.1, 0.15) is 49.8 Å². The first kappa shape index (κ1) is 17.2. The fourth-order valence-electron chi connectivity index (χ4n) is 4.06. The van der Waals surface area contributed by atoms with Gasteiger partial charge in [-0.1, -0.05) is 12.1 Å². The van der Waals surface area contributed by atoms with Gasteiger partial charge in [0.25, 0.3) is 11.8 Å². The summed E-state index contributed by atoms with van der Waals surface area (Å²) in [7, 11) is 0. The summed E-state index contributed by atoms with van der Waals surface area (Å²) in [4.78, 5) is 28.1. The Kier molecular flexibility index (Phi) is 4.24. The first-order valence-corrected chi connectivity index (χ1v) is 10.4. The molecule has 0 fully saturated rings. The zero-order valence-corrected chi connectivity index (χ0v) is 16.1. The van der Waals surface area contributed by atoms with E-state index in [9.17, 15) is 9.59 Å². The molecule has 28 heavy (non-hydrogen) atoms. The van der Waals surface area contributed by atoms with E-state index in [-0.39, 0.29) is 11.8 Å². The van der Waals surface area contributed by atoms with E-state index in [4.69, 9.17) is 0 Å². The molecule has 2 aromatic heterocycles. The summed E-state index contributed by atoms with van der Waals surface area (Å²) in [5.74, 6) is -0.188. The highest BCUT2D eigenvalue weighted by Gasteiger charge is 2.27. The van der Waals surface area contributed by atoms with Crippen LogP contribution < -0.4 is 10.2 Å². The van der Waals surface area contributed by atoms with Crippen molar-refractivity contribution in [1.82, 2.24) is 10.2 Å². The largest absolute Gasteiger partial charge is 0.321 e. The number of nitrogens with one attached hydrogen (secondary N) is 2. The third kappa shape index (κ3) is 2.92. The van der Waals surface area contributed by atoms with Crippen molar-refractivity contribution in [2.24, 2.45) is 0 Å². The minimum absolute atomic E-state index is 0.0126. The van der Waals surface area contributed by atoms with Crippen molar-refractivity contribution in [2.75, 3.05) is 16.8 Å². The van der Waals surface area contributed by atoms with Gasteiger partial charge in [-0.05, 0) is 61.2 Å². The monoisotopic (exact) mass is 392 g/mol. The highest BCUT2D eigenvalue weighted by atomic mass is 32.1. The van der Waals surface area contributed by atoms with Crippen LogP contribution in [0.5, 0.6) is 0 Å². The maximum absolute atomic E-state index is 12.8. The van der Waals surface area contributed by atoms with Crippen molar-refractivity contribution in [3.05, 3.63) is 63.1 Å². The van der Waals surface area contributed by atoms with Gasteiger partial charge < -0.3 is 10.2 Å². The SMILES string of the molecule is O=C(Nc1ccc2c(c1)N(C(=O)c1cccs1)CC2)c1n[nH]c2c1CCCC2. The van der Waals surface area contributed by atoms with Gasteiger partial charge in [0.15, 0.2) is 5.69 Å². The standard InChI is InChI=1S/C21H20N4O2S/c26-20(19-15-4-1-2-5-16(15)23-24-19)22-14-8-7-13-9-10-25(17(13)12-14)21(27)18-6-3-11-28-18/h3,6-8,11-12H,1-2,4-5,9-10H2,(H,22,26)(H,23,24). The molecule has 0 spiro atoms. The molecule has 6 nitrogen and oxygen atoms in total. The van der Waals surface area contributed by atoms with E-state index < -0.39 is 0 Å². The molecule has 0 radical (unpaired) electrons. The number of thiophene rings is 1. The fraction of sp³-hybridized carbons (Fsp3) is 0.286. The molecular formula is C21H20N4O2S. The second kappa shape index (κ2) is 6.91. The molecule has 0 saturated heterocycles. The third-order valence-corrected chi connectivity index (χ3v) is 6.35. The molecule has 0 atom stereocenters. The topological polar surface area (TPSA) is 78.1 Å². The highest BCUT2D eigenvalue weighted by Crippen LogP contribution is 2.33. The lowest BCUT2D eigenvalue weighted by Gasteiger charge is -2.17. The van der Waals surface area contributed by atoms with Crippen LogP contribution in [0.4, 0.5) is 11.4 Å². The van der Waals surface area contributed by atoms with E-state index >= 15 is 0 Å². The summed E-state index contributed by atoms with van der Waals surface area (Å²) < 4.78 is 0. The third-order valence-electron chi connectivity index (χ3n) is 5.49. The quantitative estimate of drug-likeness (QED) is 0.712. The molecule has 5 rings (SSSR count). The Hall–Kier alpha value is -2.93. The highest BCUT2D eigenvalue weighted by molar-refractivity contribution is 7.12. The number of H-pyrrole nitrogens is 1. The summed E-state index contributed by atoms with van der Waals surface area (Å²) in [6.07, 6.45) is 4.89. The lowest BCUT2D eigenvalue weighted by Crippen LogP contribution is -2.28. The maximum Gasteiger partial charge on any atom is 0.276 e. The molecule has 142 valence electrons. The molecule has 2 N–H and O–H groups in total. The van der Waals surface area contributed by atoms with Crippen molar-refractivity contribution in [2.45, 2.75) is 32.1 Å². The number of aromatic amines is 1. The second-order valence-corrected chi connectivity index (χ2v) is 8.17. The fourth-order valence-corrected chi connectivity index (χ4v) is 4.73. The number of amides is 2. The normalized spacial score (nSPS) is 15.2. The summed E-state index contributed by atoms with van der Waals surface area (Å²) >= 11 is 1.45. The first-order chi connectivity index (χ1) is 13.7. The molecular weight excluding hydrogens is 372 g/mol. The van der Waals surface area contributed by atoms with E-state index in [1.807, 2.05) is 35.7 Å². The Balaban J connectivity index is 1.39. The van der Waals surface area contributed by atoms with E-state index in [0.29, 0.717) is 17.9 Å². The van der Waals surface area contributed by atoms with Crippen LogP contribution in [0, 0.1) is 0 Å². The second-order valence-electron chi connectivity index (χ2n) is 7.22. The van der Waals surface area contributed by atoms with E-state index in [1.165, 1.54) is 11.3 Å². The summed E-state index contributed by atoms with van der Waals surface area (Å²) in [6.45, 7) is 0.663. The number of carbonyl (C=O) groups is 2. The molecule has 1 aliphatic heterocycles. The van der Waals surface area contributed by atoms with Crippen LogP contribution >= 0.6 is 11.3 Å². The van der Waals surface area contributed by atoms with Gasteiger partial charge in [0.05, 0.1) is 4.88 Å². The lowest BCUT2D eigenvalue weighted by atomic mass is 9.96. The average Bonchev–Trinajstić information content (AvgIpc) is 3.46. The average molecular weight is 392 g/mol. The van der Waals surface area contributed by atoms with Gasteiger partial charge in [0.1, 0.15) is 0 Å². The lowest BCUT2D eigenvalue weighted by molar-refractivity contribution is 0.0991. The molecule has 1 aromatic carbocycles. The van der Waals surface area contributed by atoms with Crippen LogP contribution in [0.3, 0.4) is 0 Å². The number of rotatable bonds is 3. The Morgan fingerprint density at radius 2 is 2.04 bits per heavy atom. The van der Waals surface area contributed by atoms with Crippen LogP contribution in [0.15, 0.2) is 35.7 Å². The Bertz CT molecular complexity index is 1050. The van der Waals surface area contributed by atoms with Gasteiger partial charge in [-0.3, -0.25) is 14.7 Å². The first-order valence-electron chi connectivity index (χ1n) is 9.56. The number of benzene rings is 1. The van der Waals surface area contributed by atoms with Gasteiger partial charge in [0, 0.05) is 29.2 Å². The molecule has 2 aliphatic rings. The van der Waals surface area contributed by atoms with Gasteiger partial charge in [-0.25, -0.2) is 0 Å². The smallest absolute Gasteiger partial charge is 0.276 e. The number of fused-ring (bicyclic) bond motifs is 2. The zero-order valence-electron chi connectivity index (χ0n) is 15.3. The Morgan fingerprint density at radius 1 is 1.14 bits per heavy atom. The van der Waals surface area contributed by atoms with E-state index in [2.05, 4.69) is 15.5 Å². The van der Waals surface area contributed by atoms with Crippen molar-refractivity contribution in [3.8, 4) is 0 Å². The summed E-state index contributed by atoms with van der Waals surface area (Å²) in [5, 5.41) is 12.1. The van der Waals surface area contributed by atoms with Gasteiger partial charge in [-0.15, -0.1) is 11.3 Å². The molecule has 7 heteroatoms. The van der Waals surface area contributed by atoms with Crippen LogP contribution in [-0.4, -0.2) is 28.6 Å². The Labute approximate surface area is 166 Å². The van der Waals surface area contributed by atoms with Crippen molar-refractivity contribution in [3.63, 3.8) is 0 Å². The van der Waals surface area contributed by atoms with Crippen molar-refractivity contribution < 1.29 is 9.59 Å². The van der Waals surface area contributed by atoms with E-state index in [1.54, 1.807) is 4.90 Å². The number of nitrogens with zero attached hydrogens (tertiary/aromatic N) is 2. The minimum atomic E-state index is -0.200. The number of hydrogen-bond donors (Lipinski definition) is 2. The number of anilines is 2. The number of hydrogen-bond acceptors (Lipinski definition) is 4. The van der Waals surface area contributed by atoms with Gasteiger partial charge in [-0.2, -0.15) is 5.10 Å². The summed E-state index contributed by atoms with van der Waals surface area (Å²) in [6, 6.07) is 9.51. The van der Waals surface area contributed by atoms with E-state index in [0.717, 1.165) is 59.5 Å². The van der Waals surface area contributed by atoms with Crippen LogP contribution in [0.25, 0.3) is 0 Å². The Morgan fingerprint density at radius 3 is 2.89 bits per heavy atom. The number of aromatic nitrogens is 2. The molecule has 0 bridgehead atoms. The predicted molar refractivity (Wildman–Crippen MR) is 109 cm³/mol. The molecule has 3 aromatic rings. The maximum atomic E-state index is 12.8. The molecule has 3 heterocycles. The zero-order chi connectivity index (χ0) is 19.1. The summed E-state index contributed by atoms with van der Waals surface area (Å²) in [5.41, 5.74) is 5.29. The number of aryl methyl sites for hydroxylation is 1. The molecule has 0 unspecified atom stereocenters. The molecule has 2 amide bonds. The molecule has 1 aliphatic carbocycles. The predicted octanol–water partition coefficient (Wildman–Crippen LogP) is 3.81.